The number of amides is 1. The number of benzene rings is 2. The Bertz CT molecular complexity index is 731. The van der Waals surface area contributed by atoms with Gasteiger partial charge < -0.3 is 14.2 Å². The molecule has 122 valence electrons. The van der Waals surface area contributed by atoms with E-state index in [1.165, 1.54) is 7.11 Å². The van der Waals surface area contributed by atoms with Crippen LogP contribution in [0.3, 0.4) is 0 Å². The van der Waals surface area contributed by atoms with Crippen molar-refractivity contribution in [1.82, 2.24) is 0 Å². The molecule has 0 fully saturated rings. The number of nitrogens with one attached hydrogen (secondary N) is 1. The van der Waals surface area contributed by atoms with Gasteiger partial charge in [-0.1, -0.05) is 0 Å². The molecule has 0 aliphatic carbocycles. The van der Waals surface area contributed by atoms with Crippen LogP contribution in [-0.2, 0) is 0 Å². The average molecular weight is 427 g/mol. The maximum Gasteiger partial charge on any atom is 0.417 e. The zero-order chi connectivity index (χ0) is 17.0. The lowest BCUT2D eigenvalue weighted by Crippen LogP contribution is -2.18. The van der Waals surface area contributed by atoms with Gasteiger partial charge in [0.15, 0.2) is 0 Å². The number of halogens is 1. The Labute approximate surface area is 149 Å². The van der Waals surface area contributed by atoms with Crippen LogP contribution in [-0.4, -0.2) is 20.3 Å². The Morgan fingerprint density at radius 3 is 2.39 bits per heavy atom. The van der Waals surface area contributed by atoms with E-state index in [1.54, 1.807) is 25.3 Å². The molecular formula is C17H18INO4. The first-order valence-corrected chi connectivity index (χ1v) is 8.00. The molecule has 5 nitrogen and oxygen atoms in total. The van der Waals surface area contributed by atoms with Gasteiger partial charge in [0, 0.05) is 9.64 Å². The third-order valence-corrected chi connectivity index (χ3v) is 4.46. The molecule has 0 saturated carbocycles. The van der Waals surface area contributed by atoms with Crippen molar-refractivity contribution < 1.29 is 19.0 Å². The summed E-state index contributed by atoms with van der Waals surface area (Å²) in [5.74, 6) is 1.67. The zero-order valence-corrected chi connectivity index (χ0v) is 15.6. The van der Waals surface area contributed by atoms with Gasteiger partial charge >= 0.3 is 6.09 Å². The van der Waals surface area contributed by atoms with Crippen LogP contribution in [0.15, 0.2) is 30.3 Å². The molecule has 0 spiro atoms. The fourth-order valence-electron chi connectivity index (χ4n) is 2.01. The Kier molecular flexibility index (Phi) is 5.70. The summed E-state index contributed by atoms with van der Waals surface area (Å²) in [6.07, 6.45) is -0.583. The van der Waals surface area contributed by atoms with Gasteiger partial charge in [0.05, 0.1) is 19.9 Å². The minimum atomic E-state index is -0.583. The number of ether oxygens (including phenoxy) is 3. The molecule has 2 aromatic carbocycles. The molecule has 23 heavy (non-hydrogen) atoms. The number of carbonyl (C=O) groups excluding carboxylic acids is 1. The molecular weight excluding hydrogens is 409 g/mol. The standard InChI is InChI=1S/C17H18INO4/c1-10-8-16(11(2)7-13(10)18)23-17(20)19-14-9-12(21-3)5-6-15(14)22-4/h5-9H,1-4H3,(H,19,20). The number of rotatable bonds is 4. The quantitative estimate of drug-likeness (QED) is 0.729. The summed E-state index contributed by atoms with van der Waals surface area (Å²) in [6, 6.07) is 8.97. The first-order chi connectivity index (χ1) is 10.9. The van der Waals surface area contributed by atoms with Crippen LogP contribution in [0.25, 0.3) is 0 Å². The lowest BCUT2D eigenvalue weighted by molar-refractivity contribution is 0.214. The first kappa shape index (κ1) is 17.4. The summed E-state index contributed by atoms with van der Waals surface area (Å²) < 4.78 is 16.9. The predicted octanol–water partition coefficient (Wildman–Crippen LogP) is 4.54. The molecule has 0 unspecified atom stereocenters. The summed E-state index contributed by atoms with van der Waals surface area (Å²) in [6.45, 7) is 3.87. The molecule has 2 aromatic rings. The largest absolute Gasteiger partial charge is 0.497 e. The first-order valence-electron chi connectivity index (χ1n) is 6.92. The third-order valence-electron chi connectivity index (χ3n) is 3.30. The number of aryl methyl sites for hydroxylation is 2. The zero-order valence-electron chi connectivity index (χ0n) is 13.4. The van der Waals surface area contributed by atoms with E-state index in [2.05, 4.69) is 27.9 Å². The number of hydrogen-bond acceptors (Lipinski definition) is 4. The molecule has 0 radical (unpaired) electrons. The molecule has 6 heteroatoms. The Morgan fingerprint density at radius 2 is 1.74 bits per heavy atom. The fraction of sp³-hybridized carbons (Fsp3) is 0.235. The van der Waals surface area contributed by atoms with Crippen molar-refractivity contribution >= 4 is 34.4 Å². The maximum absolute atomic E-state index is 12.2. The summed E-state index contributed by atoms with van der Waals surface area (Å²) in [5, 5.41) is 2.68. The van der Waals surface area contributed by atoms with Gasteiger partial charge in [-0.2, -0.15) is 0 Å². The van der Waals surface area contributed by atoms with Crippen LogP contribution in [0.2, 0.25) is 0 Å². The highest BCUT2D eigenvalue weighted by Gasteiger charge is 2.13. The van der Waals surface area contributed by atoms with Crippen LogP contribution in [0.5, 0.6) is 17.2 Å². The highest BCUT2D eigenvalue weighted by molar-refractivity contribution is 14.1. The van der Waals surface area contributed by atoms with Crippen molar-refractivity contribution in [3.05, 3.63) is 45.0 Å². The van der Waals surface area contributed by atoms with E-state index >= 15 is 0 Å². The van der Waals surface area contributed by atoms with E-state index in [0.29, 0.717) is 22.9 Å². The van der Waals surface area contributed by atoms with E-state index in [0.717, 1.165) is 14.7 Å². The summed E-state index contributed by atoms with van der Waals surface area (Å²) in [7, 11) is 3.09. The molecule has 0 heterocycles. The summed E-state index contributed by atoms with van der Waals surface area (Å²) in [5.41, 5.74) is 2.43. The monoisotopic (exact) mass is 427 g/mol. The number of carbonyl (C=O) groups is 1. The molecule has 2 rings (SSSR count). The van der Waals surface area contributed by atoms with Crippen LogP contribution in [0.4, 0.5) is 10.5 Å². The van der Waals surface area contributed by atoms with Crippen molar-refractivity contribution in [3.63, 3.8) is 0 Å². The van der Waals surface area contributed by atoms with E-state index in [-0.39, 0.29) is 0 Å². The van der Waals surface area contributed by atoms with Crippen molar-refractivity contribution in [3.8, 4) is 17.2 Å². The SMILES string of the molecule is COc1ccc(OC)c(NC(=O)Oc2cc(C)c(I)cc2C)c1. The molecule has 0 atom stereocenters. The third kappa shape index (κ3) is 4.28. The van der Waals surface area contributed by atoms with E-state index in [9.17, 15) is 4.79 Å². The van der Waals surface area contributed by atoms with Gasteiger partial charge in [-0.15, -0.1) is 0 Å². The number of methoxy groups -OCH3 is 2. The van der Waals surface area contributed by atoms with Crippen LogP contribution < -0.4 is 19.5 Å². The smallest absolute Gasteiger partial charge is 0.417 e. The van der Waals surface area contributed by atoms with Gasteiger partial charge in [0.25, 0.3) is 0 Å². The van der Waals surface area contributed by atoms with Crippen molar-refractivity contribution in [1.29, 1.82) is 0 Å². The van der Waals surface area contributed by atoms with Crippen LogP contribution in [0.1, 0.15) is 11.1 Å². The van der Waals surface area contributed by atoms with E-state index in [1.807, 2.05) is 26.0 Å². The van der Waals surface area contributed by atoms with Crippen molar-refractivity contribution in [2.75, 3.05) is 19.5 Å². The lowest BCUT2D eigenvalue weighted by Gasteiger charge is -2.13. The van der Waals surface area contributed by atoms with Gasteiger partial charge in [0.1, 0.15) is 17.2 Å². The Balaban J connectivity index is 2.18. The molecule has 0 aliphatic heterocycles. The van der Waals surface area contributed by atoms with Crippen LogP contribution >= 0.6 is 22.6 Å². The minimum absolute atomic E-state index is 0.483. The molecule has 0 aliphatic rings. The van der Waals surface area contributed by atoms with E-state index in [4.69, 9.17) is 14.2 Å². The number of hydrogen-bond donors (Lipinski definition) is 1. The Morgan fingerprint density at radius 1 is 1.00 bits per heavy atom. The van der Waals surface area contributed by atoms with Gasteiger partial charge in [0.2, 0.25) is 0 Å². The molecule has 0 saturated heterocycles. The molecule has 0 bridgehead atoms. The van der Waals surface area contributed by atoms with Gasteiger partial charge in [-0.3, -0.25) is 5.32 Å². The number of anilines is 1. The van der Waals surface area contributed by atoms with Crippen LogP contribution in [0, 0.1) is 17.4 Å². The highest BCUT2D eigenvalue weighted by Crippen LogP contribution is 2.29. The normalized spacial score (nSPS) is 10.1. The van der Waals surface area contributed by atoms with Crippen molar-refractivity contribution in [2.45, 2.75) is 13.8 Å². The lowest BCUT2D eigenvalue weighted by atomic mass is 10.1. The van der Waals surface area contributed by atoms with E-state index < -0.39 is 6.09 Å². The Hall–Kier alpha value is -1.96. The fourth-order valence-corrected chi connectivity index (χ4v) is 2.63. The predicted molar refractivity (Wildman–Crippen MR) is 97.8 cm³/mol. The second-order valence-electron chi connectivity index (χ2n) is 4.95. The van der Waals surface area contributed by atoms with Gasteiger partial charge in [-0.05, 0) is 71.8 Å². The average Bonchev–Trinajstić information content (AvgIpc) is 2.52. The van der Waals surface area contributed by atoms with Crippen molar-refractivity contribution in [2.24, 2.45) is 0 Å². The molecule has 1 N–H and O–H groups in total. The highest BCUT2D eigenvalue weighted by atomic mass is 127. The topological polar surface area (TPSA) is 56.8 Å². The molecule has 0 aromatic heterocycles. The second kappa shape index (κ2) is 7.54. The summed E-state index contributed by atoms with van der Waals surface area (Å²) in [4.78, 5) is 12.2. The minimum Gasteiger partial charge on any atom is -0.497 e. The second-order valence-corrected chi connectivity index (χ2v) is 6.11. The maximum atomic E-state index is 12.2. The van der Waals surface area contributed by atoms with Gasteiger partial charge in [-0.25, -0.2) is 4.79 Å². The molecule has 1 amide bonds. The summed E-state index contributed by atoms with van der Waals surface area (Å²) >= 11 is 2.25.